The van der Waals surface area contributed by atoms with E-state index in [2.05, 4.69) is 0 Å². The van der Waals surface area contributed by atoms with Crippen molar-refractivity contribution in [2.45, 2.75) is 34.7 Å². The Hall–Kier alpha value is -6.12. The summed E-state index contributed by atoms with van der Waals surface area (Å²) in [5, 5.41) is 12.7. The molecular formula is C42H38N4O8S2. The number of rotatable bonds is 9. The third-order valence-corrected chi connectivity index (χ3v) is 14.2. The van der Waals surface area contributed by atoms with Crippen LogP contribution in [0.15, 0.2) is 125 Å². The minimum absolute atomic E-state index is 0.0204. The molecule has 0 radical (unpaired) electrons. The van der Waals surface area contributed by atoms with E-state index >= 15 is 0 Å². The Balaban J connectivity index is 1.14. The standard InChI is InChI=1S/C42H38N4O8S2/c1-43(2)35-17-7-14-31-29(35)12-9-19-39(31)55(50,51)45-34-22-21-28(23-27(34)25-37(45)41(47)48)54-42(49)38-24-26-11-5-6-16-33(26)46(38)56(52,53)40-20-10-13-30-32(40)15-8-18-36(30)44(3)4/h5-23,37-38H,24-25H2,1-4H3,(H,47,48)/t37?,38-/m1/s1. The molecule has 0 bridgehead atoms. The zero-order valence-electron chi connectivity index (χ0n) is 30.9. The summed E-state index contributed by atoms with van der Waals surface area (Å²) in [6, 6.07) is 29.1. The quantitative estimate of drug-likeness (QED) is 0.136. The van der Waals surface area contributed by atoms with Gasteiger partial charge in [0, 0.05) is 74.0 Å². The van der Waals surface area contributed by atoms with E-state index in [1.54, 1.807) is 60.7 Å². The van der Waals surface area contributed by atoms with Gasteiger partial charge < -0.3 is 19.6 Å². The maximum atomic E-state index is 14.7. The van der Waals surface area contributed by atoms with Crippen LogP contribution in [0.5, 0.6) is 5.75 Å². The van der Waals surface area contributed by atoms with E-state index in [0.29, 0.717) is 33.0 Å². The Morgan fingerprint density at radius 2 is 1.07 bits per heavy atom. The van der Waals surface area contributed by atoms with Crippen LogP contribution in [-0.4, -0.2) is 74.2 Å². The number of ether oxygens (including phenoxy) is 1. The average molecular weight is 791 g/mol. The summed E-state index contributed by atoms with van der Waals surface area (Å²) in [5.41, 5.74) is 3.13. The number of nitrogens with zero attached hydrogens (tertiary/aromatic N) is 4. The predicted octanol–water partition coefficient (Wildman–Crippen LogP) is 6.06. The van der Waals surface area contributed by atoms with Gasteiger partial charge in [-0.05, 0) is 59.7 Å². The molecule has 0 saturated heterocycles. The number of anilines is 4. The summed E-state index contributed by atoms with van der Waals surface area (Å²) in [7, 11) is -1.29. The van der Waals surface area contributed by atoms with Gasteiger partial charge in [0.1, 0.15) is 17.8 Å². The van der Waals surface area contributed by atoms with Crippen molar-refractivity contribution in [3.8, 4) is 5.75 Å². The second-order valence-corrected chi connectivity index (χ2v) is 17.8. The molecule has 2 aliphatic heterocycles. The van der Waals surface area contributed by atoms with Gasteiger partial charge in [-0.15, -0.1) is 0 Å². The number of benzene rings is 6. The number of fused-ring (bicyclic) bond motifs is 4. The van der Waals surface area contributed by atoms with Crippen LogP contribution >= 0.6 is 0 Å². The maximum Gasteiger partial charge on any atom is 0.335 e. The summed E-state index contributed by atoms with van der Waals surface area (Å²) >= 11 is 0. The normalized spacial score (nSPS) is 16.5. The molecule has 0 aromatic heterocycles. The van der Waals surface area contributed by atoms with Crippen LogP contribution in [0.4, 0.5) is 22.7 Å². The molecule has 14 heteroatoms. The highest BCUT2D eigenvalue weighted by Crippen LogP contribution is 2.43. The molecule has 6 aromatic rings. The molecule has 12 nitrogen and oxygen atoms in total. The molecule has 0 saturated carbocycles. The number of carboxylic acid groups (broad SMARTS) is 1. The Morgan fingerprint density at radius 3 is 1.62 bits per heavy atom. The second-order valence-electron chi connectivity index (χ2n) is 14.3. The fraction of sp³-hybridized carbons (Fsp3) is 0.190. The first-order valence-corrected chi connectivity index (χ1v) is 20.7. The van der Waals surface area contributed by atoms with E-state index in [4.69, 9.17) is 4.74 Å². The highest BCUT2D eigenvalue weighted by Gasteiger charge is 2.45. The first-order valence-electron chi connectivity index (χ1n) is 17.8. The summed E-state index contributed by atoms with van der Waals surface area (Å²) in [4.78, 5) is 30.5. The summed E-state index contributed by atoms with van der Waals surface area (Å²) < 4.78 is 66.1. The molecule has 2 heterocycles. The van der Waals surface area contributed by atoms with Gasteiger partial charge in [-0.2, -0.15) is 0 Å². The van der Waals surface area contributed by atoms with Crippen molar-refractivity contribution in [1.29, 1.82) is 0 Å². The van der Waals surface area contributed by atoms with Gasteiger partial charge in [-0.1, -0.05) is 66.7 Å². The third-order valence-electron chi connectivity index (χ3n) is 10.4. The molecule has 0 aliphatic carbocycles. The van der Waals surface area contributed by atoms with Crippen LogP contribution in [0.25, 0.3) is 21.5 Å². The summed E-state index contributed by atoms with van der Waals surface area (Å²) in [6.07, 6.45) is -0.130. The molecule has 1 N–H and O–H groups in total. The van der Waals surface area contributed by atoms with Crippen molar-refractivity contribution >= 4 is 76.3 Å². The minimum atomic E-state index is -4.42. The van der Waals surface area contributed by atoms with E-state index in [-0.39, 0.29) is 34.1 Å². The Kier molecular flexibility index (Phi) is 8.92. The minimum Gasteiger partial charge on any atom is -0.480 e. The van der Waals surface area contributed by atoms with E-state index in [0.717, 1.165) is 25.4 Å². The zero-order valence-corrected chi connectivity index (χ0v) is 32.6. The van der Waals surface area contributed by atoms with E-state index < -0.39 is 44.1 Å². The SMILES string of the molecule is CN(C)c1cccc2c(S(=O)(=O)N3c4ccc(OC(=O)[C@H]5Cc6ccccc6N5S(=O)(=O)c5cccc6c(N(C)C)cccc56)cc4CC3C(=O)O)cccc12. The number of carbonyl (C=O) groups is 2. The van der Waals surface area contributed by atoms with E-state index in [1.165, 1.54) is 30.3 Å². The first kappa shape index (κ1) is 36.8. The number of hydrogen-bond acceptors (Lipinski definition) is 9. The fourth-order valence-electron chi connectivity index (χ4n) is 7.94. The molecule has 0 spiro atoms. The molecule has 0 amide bonds. The molecule has 6 aromatic carbocycles. The van der Waals surface area contributed by atoms with Crippen molar-refractivity contribution < 1.29 is 36.3 Å². The van der Waals surface area contributed by atoms with Crippen LogP contribution in [-0.2, 0) is 42.5 Å². The third kappa shape index (κ3) is 5.87. The predicted molar refractivity (Wildman–Crippen MR) is 217 cm³/mol. The lowest BCUT2D eigenvalue weighted by Crippen LogP contribution is -2.44. The fourth-order valence-corrected chi connectivity index (χ4v) is 11.6. The first-order chi connectivity index (χ1) is 26.7. The highest BCUT2D eigenvalue weighted by atomic mass is 32.2. The number of aliphatic carboxylic acids is 1. The van der Waals surface area contributed by atoms with E-state index in [9.17, 15) is 31.5 Å². The van der Waals surface area contributed by atoms with Crippen molar-refractivity contribution in [2.24, 2.45) is 0 Å². The van der Waals surface area contributed by atoms with Crippen molar-refractivity contribution in [3.63, 3.8) is 0 Å². The lowest BCUT2D eigenvalue weighted by atomic mass is 10.1. The van der Waals surface area contributed by atoms with Gasteiger partial charge in [-0.3, -0.25) is 8.61 Å². The van der Waals surface area contributed by atoms with Gasteiger partial charge in [0.25, 0.3) is 20.0 Å². The molecule has 8 rings (SSSR count). The molecule has 1 unspecified atom stereocenters. The monoisotopic (exact) mass is 790 g/mol. The van der Waals surface area contributed by atoms with Crippen LogP contribution in [0.3, 0.4) is 0 Å². The lowest BCUT2D eigenvalue weighted by Gasteiger charge is -2.27. The summed E-state index contributed by atoms with van der Waals surface area (Å²) in [5.74, 6) is -2.16. The molecule has 56 heavy (non-hydrogen) atoms. The number of hydrogen-bond donors (Lipinski definition) is 1. The average Bonchev–Trinajstić information content (AvgIpc) is 3.77. The Morgan fingerprint density at radius 1 is 0.589 bits per heavy atom. The van der Waals surface area contributed by atoms with Crippen molar-refractivity contribution in [2.75, 3.05) is 46.6 Å². The Bertz CT molecular complexity index is 2820. The van der Waals surface area contributed by atoms with Gasteiger partial charge >= 0.3 is 11.9 Å². The number of carbonyl (C=O) groups excluding carboxylic acids is 1. The molecule has 0 fully saturated rings. The van der Waals surface area contributed by atoms with Crippen LogP contribution in [0.1, 0.15) is 11.1 Å². The Labute approximate surface area is 324 Å². The highest BCUT2D eigenvalue weighted by molar-refractivity contribution is 7.93. The molecule has 2 atom stereocenters. The molecule has 2 aliphatic rings. The van der Waals surface area contributed by atoms with Gasteiger partial charge in [0.15, 0.2) is 0 Å². The van der Waals surface area contributed by atoms with Crippen molar-refractivity contribution in [1.82, 2.24) is 0 Å². The van der Waals surface area contributed by atoms with Gasteiger partial charge in [0.2, 0.25) is 0 Å². The molecule has 286 valence electrons. The number of sulfonamides is 2. The second kappa shape index (κ2) is 13.6. The zero-order chi connectivity index (χ0) is 39.7. The van der Waals surface area contributed by atoms with Crippen molar-refractivity contribution in [3.05, 3.63) is 126 Å². The number of para-hydroxylation sites is 1. The number of esters is 1. The largest absolute Gasteiger partial charge is 0.480 e. The topological polar surface area (TPSA) is 145 Å². The van der Waals surface area contributed by atoms with E-state index in [1.807, 2.05) is 62.3 Å². The van der Waals surface area contributed by atoms with Crippen LogP contribution in [0, 0.1) is 0 Å². The smallest absolute Gasteiger partial charge is 0.335 e. The molecular weight excluding hydrogens is 753 g/mol. The van der Waals surface area contributed by atoms with Gasteiger partial charge in [-0.25, -0.2) is 26.4 Å². The maximum absolute atomic E-state index is 14.7. The number of carboxylic acids is 1. The van der Waals surface area contributed by atoms with Crippen LogP contribution < -0.4 is 23.1 Å². The van der Waals surface area contributed by atoms with Gasteiger partial charge in [0.05, 0.1) is 21.2 Å². The van der Waals surface area contributed by atoms with Crippen LogP contribution in [0.2, 0.25) is 0 Å². The lowest BCUT2D eigenvalue weighted by molar-refractivity contribution is -0.138. The summed E-state index contributed by atoms with van der Waals surface area (Å²) in [6.45, 7) is 0.